The Labute approximate surface area is 199 Å². The van der Waals surface area contributed by atoms with Crippen molar-refractivity contribution in [1.82, 2.24) is 10.2 Å². The quantitative estimate of drug-likeness (QED) is 0.603. The summed E-state index contributed by atoms with van der Waals surface area (Å²) >= 11 is 0. The minimum atomic E-state index is -0.639. The third-order valence-corrected chi connectivity index (χ3v) is 7.29. The smallest absolute Gasteiger partial charge is 0.336 e. The highest BCUT2D eigenvalue weighted by Crippen LogP contribution is 2.39. The van der Waals surface area contributed by atoms with Gasteiger partial charge in [0.1, 0.15) is 11.3 Å². The van der Waals surface area contributed by atoms with Gasteiger partial charge in [0.2, 0.25) is 5.91 Å². The van der Waals surface area contributed by atoms with Crippen molar-refractivity contribution in [1.29, 1.82) is 0 Å². The summed E-state index contributed by atoms with van der Waals surface area (Å²) in [6.45, 7) is 4.55. The Bertz CT molecular complexity index is 1130. The number of ether oxygens (including phenoxy) is 1. The lowest BCUT2D eigenvalue weighted by Gasteiger charge is -2.47. The van der Waals surface area contributed by atoms with Crippen LogP contribution >= 0.6 is 0 Å². The summed E-state index contributed by atoms with van der Waals surface area (Å²) in [5, 5.41) is 14.3. The van der Waals surface area contributed by atoms with Crippen LogP contribution in [0.2, 0.25) is 0 Å². The number of nitrogens with one attached hydrogen (secondary N) is 1. The number of likely N-dealkylation sites (tertiary alicyclic amines) is 1. The highest BCUT2D eigenvalue weighted by atomic mass is 16.5. The Kier molecular flexibility index (Phi) is 7.26. The van der Waals surface area contributed by atoms with E-state index in [1.165, 1.54) is 6.07 Å². The number of piperidine rings is 1. The highest BCUT2D eigenvalue weighted by Gasteiger charge is 2.43. The van der Waals surface area contributed by atoms with Crippen LogP contribution in [0.3, 0.4) is 0 Å². The lowest BCUT2D eigenvalue weighted by atomic mass is 9.71. The molecule has 8 nitrogen and oxygen atoms in total. The van der Waals surface area contributed by atoms with E-state index in [4.69, 9.17) is 9.15 Å². The van der Waals surface area contributed by atoms with Crippen LogP contribution < -0.4 is 15.7 Å². The van der Waals surface area contributed by atoms with Crippen LogP contribution in [-0.2, 0) is 16.0 Å². The maximum atomic E-state index is 12.6. The predicted octanol–water partition coefficient (Wildman–Crippen LogP) is 2.70. The first-order chi connectivity index (χ1) is 16.3. The third-order valence-electron chi connectivity index (χ3n) is 7.29. The summed E-state index contributed by atoms with van der Waals surface area (Å²) in [4.78, 5) is 38.7. The first-order valence-electron chi connectivity index (χ1n) is 12.3. The molecule has 1 aliphatic carbocycles. The van der Waals surface area contributed by atoms with Gasteiger partial charge in [-0.25, -0.2) is 4.79 Å². The molecule has 2 unspecified atom stereocenters. The number of aliphatic hydroxyl groups is 1. The topological polar surface area (TPSA) is 109 Å². The van der Waals surface area contributed by atoms with E-state index in [1.54, 1.807) is 17.9 Å². The minimum absolute atomic E-state index is 0.0979. The lowest BCUT2D eigenvalue weighted by molar-refractivity contribution is -0.143. The Balaban J connectivity index is 1.31. The van der Waals surface area contributed by atoms with Crippen molar-refractivity contribution in [3.63, 3.8) is 0 Å². The van der Waals surface area contributed by atoms with Crippen LogP contribution in [0.4, 0.5) is 0 Å². The van der Waals surface area contributed by atoms with Gasteiger partial charge in [0, 0.05) is 36.0 Å². The summed E-state index contributed by atoms with van der Waals surface area (Å²) in [7, 11) is 0. The van der Waals surface area contributed by atoms with E-state index in [-0.39, 0.29) is 25.0 Å². The van der Waals surface area contributed by atoms with Crippen molar-refractivity contribution in [3.05, 3.63) is 39.7 Å². The fourth-order valence-corrected chi connectivity index (χ4v) is 5.32. The number of hydrogen-bond donors (Lipinski definition) is 2. The van der Waals surface area contributed by atoms with Crippen LogP contribution in [0, 0.1) is 12.8 Å². The molecule has 8 heteroatoms. The SMILES string of the molecule is CCCc1cc(=O)oc2c(C)c(OCC(=O)NCC(=O)N3CCC4(O)CCCCC4C3)ccc12. The standard InChI is InChI=1S/C26H34N2O6/c1-3-6-18-13-24(31)34-25-17(2)21(9-8-20(18)25)33-16-22(29)27-14-23(30)28-12-11-26(32)10-5-4-7-19(26)15-28/h8-9,13,19,32H,3-7,10-12,14-16H2,1-2H3,(H,27,29). The van der Waals surface area contributed by atoms with E-state index >= 15 is 0 Å². The van der Waals surface area contributed by atoms with E-state index < -0.39 is 17.1 Å². The Morgan fingerprint density at radius 3 is 2.91 bits per heavy atom. The highest BCUT2D eigenvalue weighted by molar-refractivity contribution is 5.86. The molecule has 4 rings (SSSR count). The van der Waals surface area contributed by atoms with Crippen molar-refractivity contribution in [2.45, 2.75) is 64.4 Å². The molecule has 2 aromatic rings. The van der Waals surface area contributed by atoms with Crippen molar-refractivity contribution < 1.29 is 23.8 Å². The Morgan fingerprint density at radius 1 is 1.29 bits per heavy atom. The Morgan fingerprint density at radius 2 is 2.12 bits per heavy atom. The second-order valence-electron chi connectivity index (χ2n) is 9.61. The number of rotatable bonds is 7. The zero-order valence-electron chi connectivity index (χ0n) is 20.0. The second-order valence-corrected chi connectivity index (χ2v) is 9.61. The Hall–Kier alpha value is -2.87. The molecule has 0 radical (unpaired) electrons. The van der Waals surface area contributed by atoms with Gasteiger partial charge in [-0.2, -0.15) is 0 Å². The number of carbonyl (C=O) groups is 2. The third kappa shape index (κ3) is 5.12. The number of aryl methyl sites for hydroxylation is 2. The maximum absolute atomic E-state index is 12.6. The molecule has 2 N–H and O–H groups in total. The van der Waals surface area contributed by atoms with E-state index in [0.29, 0.717) is 36.4 Å². The summed E-state index contributed by atoms with van der Waals surface area (Å²) in [5.41, 5.74) is 1.02. The molecule has 184 valence electrons. The predicted molar refractivity (Wildman–Crippen MR) is 128 cm³/mol. The second kappa shape index (κ2) is 10.2. The fourth-order valence-electron chi connectivity index (χ4n) is 5.32. The van der Waals surface area contributed by atoms with E-state index in [0.717, 1.165) is 49.5 Å². The molecule has 1 aromatic heterocycles. The van der Waals surface area contributed by atoms with Crippen molar-refractivity contribution in [2.75, 3.05) is 26.2 Å². The van der Waals surface area contributed by atoms with E-state index in [1.807, 2.05) is 6.07 Å². The zero-order valence-corrected chi connectivity index (χ0v) is 20.0. The van der Waals surface area contributed by atoms with E-state index in [2.05, 4.69) is 12.2 Å². The van der Waals surface area contributed by atoms with Crippen molar-refractivity contribution >= 4 is 22.8 Å². The van der Waals surface area contributed by atoms with Crippen molar-refractivity contribution in [2.24, 2.45) is 5.92 Å². The monoisotopic (exact) mass is 470 g/mol. The maximum Gasteiger partial charge on any atom is 0.336 e. The normalized spacial score (nSPS) is 22.3. The molecule has 2 atom stereocenters. The van der Waals surface area contributed by atoms with Gasteiger partial charge in [-0.1, -0.05) is 26.2 Å². The molecule has 2 amide bonds. The van der Waals surface area contributed by atoms with Gasteiger partial charge in [-0.15, -0.1) is 0 Å². The molecule has 2 fully saturated rings. The molecule has 2 aliphatic rings. The number of hydrogen-bond acceptors (Lipinski definition) is 6. The lowest BCUT2D eigenvalue weighted by Crippen LogP contribution is -2.56. The number of carbonyl (C=O) groups excluding carboxylic acids is 2. The summed E-state index contributed by atoms with van der Waals surface area (Å²) in [5.74, 6) is 0.0263. The largest absolute Gasteiger partial charge is 0.483 e. The molecular weight excluding hydrogens is 436 g/mol. The molecular formula is C26H34N2O6. The van der Waals surface area contributed by atoms with Crippen LogP contribution in [-0.4, -0.2) is 53.7 Å². The molecule has 0 bridgehead atoms. The van der Waals surface area contributed by atoms with E-state index in [9.17, 15) is 19.5 Å². The van der Waals surface area contributed by atoms with Gasteiger partial charge >= 0.3 is 5.63 Å². The number of amides is 2. The van der Waals surface area contributed by atoms with Gasteiger partial charge in [0.15, 0.2) is 6.61 Å². The van der Waals surface area contributed by atoms with Crippen LogP contribution in [0.1, 0.15) is 56.6 Å². The molecule has 1 aliphatic heterocycles. The fraction of sp³-hybridized carbons (Fsp3) is 0.577. The van der Waals surface area contributed by atoms with Crippen LogP contribution in [0.15, 0.2) is 27.4 Å². The van der Waals surface area contributed by atoms with Gasteiger partial charge < -0.3 is 24.5 Å². The van der Waals surface area contributed by atoms with Gasteiger partial charge in [-0.3, -0.25) is 9.59 Å². The summed E-state index contributed by atoms with van der Waals surface area (Å²) < 4.78 is 11.1. The van der Waals surface area contributed by atoms with Crippen molar-refractivity contribution in [3.8, 4) is 5.75 Å². The average Bonchev–Trinajstić information content (AvgIpc) is 2.82. The zero-order chi connectivity index (χ0) is 24.3. The van der Waals surface area contributed by atoms with Gasteiger partial charge in [0.25, 0.3) is 5.91 Å². The average molecular weight is 471 g/mol. The molecule has 34 heavy (non-hydrogen) atoms. The summed E-state index contributed by atoms with van der Waals surface area (Å²) in [6.07, 6.45) is 6.15. The number of nitrogens with zero attached hydrogens (tertiary/aromatic N) is 1. The molecule has 1 saturated heterocycles. The minimum Gasteiger partial charge on any atom is -0.483 e. The van der Waals surface area contributed by atoms with Crippen LogP contribution in [0.5, 0.6) is 5.75 Å². The number of fused-ring (bicyclic) bond motifs is 2. The van der Waals surface area contributed by atoms with Gasteiger partial charge in [-0.05, 0) is 50.3 Å². The number of benzene rings is 1. The molecule has 1 saturated carbocycles. The van der Waals surface area contributed by atoms with Crippen LogP contribution in [0.25, 0.3) is 11.0 Å². The molecule has 2 heterocycles. The van der Waals surface area contributed by atoms with Gasteiger partial charge in [0.05, 0.1) is 12.1 Å². The first kappa shape index (κ1) is 24.3. The molecule has 0 spiro atoms. The molecule has 1 aromatic carbocycles. The summed E-state index contributed by atoms with van der Waals surface area (Å²) in [6, 6.07) is 5.14. The first-order valence-corrected chi connectivity index (χ1v) is 12.3.